The van der Waals surface area contributed by atoms with Crippen molar-refractivity contribution in [1.82, 2.24) is 0 Å². The molecule has 1 atom stereocenters. The average Bonchev–Trinajstić information content (AvgIpc) is 2.59. The standard InChI is InChI=1S/C22H18O2/c1-13(2)22(23)24-14(3)18-11-9-17-8-7-15-5-4-6-16-10-12-19(18)21(17)20(15)16/h4-12,14H,1H2,2-3H3. The van der Waals surface area contributed by atoms with Crippen LogP contribution in [0.4, 0.5) is 0 Å². The molecule has 2 nitrogen and oxygen atoms in total. The minimum atomic E-state index is -0.354. The molecule has 0 aliphatic heterocycles. The number of carbonyl (C=O) groups is 1. The maximum atomic E-state index is 11.9. The quantitative estimate of drug-likeness (QED) is 0.273. The summed E-state index contributed by atoms with van der Waals surface area (Å²) in [4.78, 5) is 11.9. The van der Waals surface area contributed by atoms with E-state index in [1.54, 1.807) is 6.92 Å². The molecule has 0 aromatic heterocycles. The van der Waals surface area contributed by atoms with E-state index in [0.29, 0.717) is 5.57 Å². The second-order valence-electron chi connectivity index (χ2n) is 6.34. The van der Waals surface area contributed by atoms with Crippen molar-refractivity contribution in [3.05, 3.63) is 72.3 Å². The van der Waals surface area contributed by atoms with Crippen molar-refractivity contribution in [2.24, 2.45) is 0 Å². The SMILES string of the molecule is C=C(C)C(=O)OC(C)c1ccc2ccc3cccc4ccc1c2c34. The van der Waals surface area contributed by atoms with Crippen LogP contribution in [-0.4, -0.2) is 5.97 Å². The van der Waals surface area contributed by atoms with Crippen LogP contribution in [0.5, 0.6) is 0 Å². The zero-order valence-corrected chi connectivity index (χ0v) is 13.8. The van der Waals surface area contributed by atoms with Gasteiger partial charge in [0, 0.05) is 11.1 Å². The van der Waals surface area contributed by atoms with Crippen molar-refractivity contribution in [1.29, 1.82) is 0 Å². The Morgan fingerprint density at radius 3 is 2.17 bits per heavy atom. The van der Waals surface area contributed by atoms with Crippen molar-refractivity contribution in [3.63, 3.8) is 0 Å². The molecule has 4 rings (SSSR count). The lowest BCUT2D eigenvalue weighted by Crippen LogP contribution is -2.09. The van der Waals surface area contributed by atoms with E-state index in [2.05, 4.69) is 61.2 Å². The van der Waals surface area contributed by atoms with Crippen LogP contribution in [-0.2, 0) is 9.53 Å². The number of benzene rings is 4. The first-order chi connectivity index (χ1) is 11.6. The molecule has 24 heavy (non-hydrogen) atoms. The largest absolute Gasteiger partial charge is 0.454 e. The zero-order valence-electron chi connectivity index (χ0n) is 13.8. The highest BCUT2D eigenvalue weighted by atomic mass is 16.5. The van der Waals surface area contributed by atoms with Gasteiger partial charge in [0.2, 0.25) is 0 Å². The number of hydrogen-bond acceptors (Lipinski definition) is 2. The minimum absolute atomic E-state index is 0.321. The van der Waals surface area contributed by atoms with E-state index >= 15 is 0 Å². The third-order valence-corrected chi connectivity index (χ3v) is 4.63. The number of esters is 1. The molecule has 2 heteroatoms. The van der Waals surface area contributed by atoms with Gasteiger partial charge < -0.3 is 4.74 Å². The van der Waals surface area contributed by atoms with Crippen LogP contribution >= 0.6 is 0 Å². The highest BCUT2D eigenvalue weighted by Crippen LogP contribution is 2.38. The Kier molecular flexibility index (Phi) is 3.27. The molecule has 0 saturated heterocycles. The molecule has 118 valence electrons. The van der Waals surface area contributed by atoms with Crippen LogP contribution in [0.3, 0.4) is 0 Å². The highest BCUT2D eigenvalue weighted by Gasteiger charge is 2.17. The van der Waals surface area contributed by atoms with Crippen molar-refractivity contribution in [3.8, 4) is 0 Å². The Bertz CT molecular complexity index is 1080. The van der Waals surface area contributed by atoms with E-state index in [0.717, 1.165) is 10.9 Å². The van der Waals surface area contributed by atoms with Crippen molar-refractivity contribution >= 4 is 38.3 Å². The molecule has 0 spiro atoms. The van der Waals surface area contributed by atoms with E-state index in [9.17, 15) is 4.79 Å². The van der Waals surface area contributed by atoms with Gasteiger partial charge in [0.05, 0.1) is 0 Å². The summed E-state index contributed by atoms with van der Waals surface area (Å²) in [5.74, 6) is -0.354. The maximum absolute atomic E-state index is 11.9. The number of hydrogen-bond donors (Lipinski definition) is 0. The van der Waals surface area contributed by atoms with Crippen molar-refractivity contribution in [2.45, 2.75) is 20.0 Å². The molecule has 0 N–H and O–H groups in total. The van der Waals surface area contributed by atoms with Gasteiger partial charge in [-0.25, -0.2) is 4.79 Å². The molecule has 0 amide bonds. The van der Waals surface area contributed by atoms with Gasteiger partial charge in [-0.3, -0.25) is 0 Å². The van der Waals surface area contributed by atoms with E-state index < -0.39 is 0 Å². The third kappa shape index (κ3) is 2.15. The molecule has 4 aromatic carbocycles. The van der Waals surface area contributed by atoms with Gasteiger partial charge >= 0.3 is 5.97 Å². The van der Waals surface area contributed by atoms with Gasteiger partial charge in [-0.15, -0.1) is 0 Å². The third-order valence-electron chi connectivity index (χ3n) is 4.63. The molecule has 0 heterocycles. The van der Waals surface area contributed by atoms with Crippen LogP contribution in [0.2, 0.25) is 0 Å². The molecule has 4 aromatic rings. The molecule has 0 saturated carbocycles. The lowest BCUT2D eigenvalue weighted by molar-refractivity contribution is -0.143. The van der Waals surface area contributed by atoms with E-state index in [-0.39, 0.29) is 12.1 Å². The topological polar surface area (TPSA) is 26.3 Å². The van der Waals surface area contributed by atoms with E-state index in [1.165, 1.54) is 26.9 Å². The summed E-state index contributed by atoms with van der Waals surface area (Å²) in [6, 6.07) is 19.1. The first-order valence-electron chi connectivity index (χ1n) is 8.09. The van der Waals surface area contributed by atoms with Crippen LogP contribution in [0.15, 0.2) is 66.7 Å². The van der Waals surface area contributed by atoms with Crippen LogP contribution in [0, 0.1) is 0 Å². The fourth-order valence-electron chi connectivity index (χ4n) is 3.44. The monoisotopic (exact) mass is 314 g/mol. The first-order valence-corrected chi connectivity index (χ1v) is 8.09. The van der Waals surface area contributed by atoms with Crippen LogP contribution < -0.4 is 0 Å². The average molecular weight is 314 g/mol. The normalized spacial score (nSPS) is 12.8. The van der Waals surface area contributed by atoms with Gasteiger partial charge in [-0.2, -0.15) is 0 Å². The summed E-state index contributed by atoms with van der Waals surface area (Å²) in [5, 5.41) is 7.31. The summed E-state index contributed by atoms with van der Waals surface area (Å²) in [6.45, 7) is 7.23. The summed E-state index contributed by atoms with van der Waals surface area (Å²) in [5.41, 5.74) is 1.44. The lowest BCUT2D eigenvalue weighted by atomic mass is 9.91. The van der Waals surface area contributed by atoms with Crippen LogP contribution in [0.25, 0.3) is 32.3 Å². The summed E-state index contributed by atoms with van der Waals surface area (Å²) >= 11 is 0. The van der Waals surface area contributed by atoms with Gasteiger partial charge in [0.25, 0.3) is 0 Å². The lowest BCUT2D eigenvalue weighted by Gasteiger charge is -2.18. The Balaban J connectivity index is 1.97. The Morgan fingerprint density at radius 2 is 1.50 bits per heavy atom. The maximum Gasteiger partial charge on any atom is 0.333 e. The Hall–Kier alpha value is -2.87. The number of rotatable bonds is 3. The summed E-state index contributed by atoms with van der Waals surface area (Å²) in [6.07, 6.45) is -0.321. The zero-order chi connectivity index (χ0) is 16.8. The number of carbonyl (C=O) groups excluding carboxylic acids is 1. The predicted octanol–water partition coefficient (Wildman–Crippen LogP) is 5.76. The van der Waals surface area contributed by atoms with Gasteiger partial charge in [-0.1, -0.05) is 61.2 Å². The van der Waals surface area contributed by atoms with E-state index in [1.807, 2.05) is 6.92 Å². The fraction of sp³-hybridized carbons (Fsp3) is 0.136. The second kappa shape index (κ2) is 5.34. The molecule has 0 aliphatic carbocycles. The van der Waals surface area contributed by atoms with Crippen molar-refractivity contribution < 1.29 is 9.53 Å². The predicted molar refractivity (Wildman–Crippen MR) is 99.5 cm³/mol. The molecule has 0 bridgehead atoms. The summed E-state index contributed by atoms with van der Waals surface area (Å²) < 4.78 is 5.55. The minimum Gasteiger partial charge on any atom is -0.454 e. The summed E-state index contributed by atoms with van der Waals surface area (Å²) in [7, 11) is 0. The molecular formula is C22H18O2. The number of ether oxygens (including phenoxy) is 1. The Morgan fingerprint density at radius 1 is 0.917 bits per heavy atom. The Labute approximate surface area is 140 Å². The molecule has 0 fully saturated rings. The van der Waals surface area contributed by atoms with Gasteiger partial charge in [0.1, 0.15) is 6.10 Å². The second-order valence-corrected chi connectivity index (χ2v) is 6.34. The molecular weight excluding hydrogens is 296 g/mol. The fourth-order valence-corrected chi connectivity index (χ4v) is 3.44. The van der Waals surface area contributed by atoms with Gasteiger partial charge in [-0.05, 0) is 46.2 Å². The molecule has 0 aliphatic rings. The molecule has 0 radical (unpaired) electrons. The highest BCUT2D eigenvalue weighted by molar-refractivity contribution is 6.23. The molecule has 1 unspecified atom stereocenters. The van der Waals surface area contributed by atoms with E-state index in [4.69, 9.17) is 4.74 Å². The van der Waals surface area contributed by atoms with Gasteiger partial charge in [0.15, 0.2) is 0 Å². The first kappa shape index (κ1) is 14.7. The van der Waals surface area contributed by atoms with Crippen molar-refractivity contribution in [2.75, 3.05) is 0 Å². The smallest absolute Gasteiger partial charge is 0.333 e. The van der Waals surface area contributed by atoms with Crippen LogP contribution in [0.1, 0.15) is 25.5 Å².